The largest absolute Gasteiger partial charge is 0.378 e. The number of fused-ring (bicyclic) bond motifs is 4. The normalized spacial score (nSPS) is 23.1. The molecule has 3 aliphatic heterocycles. The van der Waals surface area contributed by atoms with Crippen LogP contribution in [0.15, 0.2) is 23.0 Å². The van der Waals surface area contributed by atoms with Crippen LogP contribution in [0, 0.1) is 5.92 Å². The first-order valence-corrected chi connectivity index (χ1v) is 10.8. The second kappa shape index (κ2) is 7.80. The van der Waals surface area contributed by atoms with Crippen molar-refractivity contribution in [1.82, 2.24) is 24.0 Å². The number of morpholine rings is 1. The van der Waals surface area contributed by atoms with E-state index in [1.165, 1.54) is 0 Å². The van der Waals surface area contributed by atoms with Crippen LogP contribution >= 0.6 is 11.5 Å². The Balaban J connectivity index is 1.30. The molecule has 3 amide bonds. The summed E-state index contributed by atoms with van der Waals surface area (Å²) in [5.74, 6) is 0.119. The Labute approximate surface area is 176 Å². The smallest absolute Gasteiger partial charge is 0.322 e. The fraction of sp³-hybridized carbons (Fsp3) is 0.526. The lowest BCUT2D eigenvalue weighted by atomic mass is 9.83. The van der Waals surface area contributed by atoms with Crippen LogP contribution in [-0.4, -0.2) is 75.3 Å². The molecule has 158 valence electrons. The predicted molar refractivity (Wildman–Crippen MR) is 109 cm³/mol. The standard InChI is InChI=1S/C19H22N6O4S/c26-15-3-1-2-14-13-8-12(10-25(14)15)9-24(11-13)19(28)20-17-16(21-22-30-17)18(27)23-4-6-29-7-5-23/h1-3,12-13H,4-11H2,(H,20,28). The van der Waals surface area contributed by atoms with Crippen molar-refractivity contribution < 1.29 is 14.3 Å². The Hall–Kier alpha value is -2.79. The fourth-order valence-corrected chi connectivity index (χ4v) is 5.12. The molecule has 11 heteroatoms. The summed E-state index contributed by atoms with van der Waals surface area (Å²) in [7, 11) is 0. The van der Waals surface area contributed by atoms with Gasteiger partial charge in [-0.2, -0.15) is 0 Å². The van der Waals surface area contributed by atoms with Crippen LogP contribution in [-0.2, 0) is 11.3 Å². The predicted octanol–water partition coefficient (Wildman–Crippen LogP) is 0.823. The fourth-order valence-electron chi connectivity index (χ4n) is 4.57. The molecule has 2 bridgehead atoms. The summed E-state index contributed by atoms with van der Waals surface area (Å²) in [5.41, 5.74) is 1.17. The van der Waals surface area contributed by atoms with Gasteiger partial charge in [0.15, 0.2) is 10.7 Å². The lowest BCUT2D eigenvalue weighted by molar-refractivity contribution is 0.0299. The minimum Gasteiger partial charge on any atom is -0.378 e. The van der Waals surface area contributed by atoms with Crippen molar-refractivity contribution in [3.05, 3.63) is 39.9 Å². The number of pyridine rings is 1. The van der Waals surface area contributed by atoms with Crippen LogP contribution in [0.2, 0.25) is 0 Å². The zero-order valence-corrected chi connectivity index (χ0v) is 17.1. The number of anilines is 1. The summed E-state index contributed by atoms with van der Waals surface area (Å²) in [6, 6.07) is 5.06. The first-order valence-electron chi connectivity index (χ1n) is 10.0. The van der Waals surface area contributed by atoms with Crippen molar-refractivity contribution in [2.75, 3.05) is 44.7 Å². The third-order valence-corrected chi connectivity index (χ3v) is 6.62. The Morgan fingerprint density at radius 2 is 1.97 bits per heavy atom. The van der Waals surface area contributed by atoms with Gasteiger partial charge in [-0.25, -0.2) is 4.79 Å². The molecule has 3 aliphatic rings. The molecule has 2 atom stereocenters. The maximum absolute atomic E-state index is 13.0. The number of rotatable bonds is 2. The third-order valence-electron chi connectivity index (χ3n) is 5.98. The van der Waals surface area contributed by atoms with Crippen LogP contribution in [0.1, 0.15) is 28.5 Å². The highest BCUT2D eigenvalue weighted by Gasteiger charge is 2.37. The lowest BCUT2D eigenvalue weighted by Gasteiger charge is -2.42. The molecule has 30 heavy (non-hydrogen) atoms. The van der Waals surface area contributed by atoms with E-state index in [9.17, 15) is 14.4 Å². The Morgan fingerprint density at radius 3 is 2.80 bits per heavy atom. The van der Waals surface area contributed by atoms with E-state index in [2.05, 4.69) is 14.9 Å². The van der Waals surface area contributed by atoms with Crippen LogP contribution in [0.25, 0.3) is 0 Å². The summed E-state index contributed by atoms with van der Waals surface area (Å²) >= 11 is 1.00. The minimum atomic E-state index is -0.265. The molecule has 0 aromatic carbocycles. The quantitative estimate of drug-likeness (QED) is 0.756. The highest BCUT2D eigenvalue weighted by Crippen LogP contribution is 2.35. The van der Waals surface area contributed by atoms with Gasteiger partial charge >= 0.3 is 6.03 Å². The maximum Gasteiger partial charge on any atom is 0.322 e. The van der Waals surface area contributed by atoms with Crippen molar-refractivity contribution in [1.29, 1.82) is 0 Å². The summed E-state index contributed by atoms with van der Waals surface area (Å²) in [6.07, 6.45) is 0.968. The van der Waals surface area contributed by atoms with Crippen molar-refractivity contribution in [2.45, 2.75) is 18.9 Å². The zero-order chi connectivity index (χ0) is 20.7. The summed E-state index contributed by atoms with van der Waals surface area (Å²) in [6.45, 7) is 3.71. The Kier molecular flexibility index (Phi) is 4.99. The number of urea groups is 1. The molecule has 0 aliphatic carbocycles. The Bertz CT molecular complexity index is 1030. The monoisotopic (exact) mass is 430 g/mol. The van der Waals surface area contributed by atoms with Crippen LogP contribution in [0.4, 0.5) is 9.80 Å². The van der Waals surface area contributed by atoms with Crippen molar-refractivity contribution in [3.8, 4) is 0 Å². The van der Waals surface area contributed by atoms with Crippen LogP contribution < -0.4 is 10.9 Å². The van der Waals surface area contributed by atoms with E-state index in [1.807, 2.05) is 10.6 Å². The van der Waals surface area contributed by atoms with E-state index in [1.54, 1.807) is 21.9 Å². The number of piperidine rings is 1. The summed E-state index contributed by atoms with van der Waals surface area (Å²) < 4.78 is 11.0. The number of aromatic nitrogens is 3. The number of nitrogens with zero attached hydrogens (tertiary/aromatic N) is 5. The molecule has 2 unspecified atom stereocenters. The highest BCUT2D eigenvalue weighted by atomic mass is 32.1. The number of nitrogens with one attached hydrogen (secondary N) is 1. The van der Waals surface area contributed by atoms with Gasteiger partial charge in [0.05, 0.1) is 13.2 Å². The van der Waals surface area contributed by atoms with E-state index in [0.29, 0.717) is 50.9 Å². The van der Waals surface area contributed by atoms with Crippen molar-refractivity contribution in [3.63, 3.8) is 0 Å². The van der Waals surface area contributed by atoms with Gasteiger partial charge in [-0.3, -0.25) is 14.9 Å². The average molecular weight is 430 g/mol. The van der Waals surface area contributed by atoms with Crippen LogP contribution in [0.5, 0.6) is 0 Å². The van der Waals surface area contributed by atoms with E-state index in [-0.39, 0.29) is 35.0 Å². The molecule has 5 rings (SSSR count). The molecule has 0 saturated carbocycles. The van der Waals surface area contributed by atoms with Gasteiger partial charge in [0.2, 0.25) is 0 Å². The molecule has 1 N–H and O–H groups in total. The molecule has 2 saturated heterocycles. The van der Waals surface area contributed by atoms with E-state index < -0.39 is 0 Å². The van der Waals surface area contributed by atoms with Crippen LogP contribution in [0.3, 0.4) is 0 Å². The molecule has 10 nitrogen and oxygen atoms in total. The first kappa shape index (κ1) is 19.2. The van der Waals surface area contributed by atoms with Crippen molar-refractivity contribution in [2.24, 2.45) is 5.92 Å². The van der Waals surface area contributed by atoms with E-state index >= 15 is 0 Å². The van der Waals surface area contributed by atoms with E-state index in [4.69, 9.17) is 4.74 Å². The van der Waals surface area contributed by atoms with Gasteiger partial charge in [-0.15, -0.1) is 5.10 Å². The summed E-state index contributed by atoms with van der Waals surface area (Å²) in [5, 5.41) is 7.15. The summed E-state index contributed by atoms with van der Waals surface area (Å²) in [4.78, 5) is 41.3. The third kappa shape index (κ3) is 3.47. The number of likely N-dealkylation sites (tertiary alicyclic amines) is 1. The molecule has 2 aromatic rings. The second-order valence-corrected chi connectivity index (χ2v) is 8.64. The number of hydrogen-bond donors (Lipinski definition) is 1. The topological polar surface area (TPSA) is 110 Å². The van der Waals surface area contributed by atoms with Gasteiger partial charge in [0.25, 0.3) is 11.5 Å². The number of hydrogen-bond acceptors (Lipinski definition) is 7. The van der Waals surface area contributed by atoms with Gasteiger partial charge in [0.1, 0.15) is 0 Å². The first-order chi connectivity index (χ1) is 14.6. The number of carbonyl (C=O) groups is 2. The molecule has 2 aromatic heterocycles. The molecule has 0 spiro atoms. The lowest BCUT2D eigenvalue weighted by Crippen LogP contribution is -2.50. The van der Waals surface area contributed by atoms with Crippen molar-refractivity contribution >= 4 is 28.5 Å². The van der Waals surface area contributed by atoms with E-state index in [0.717, 1.165) is 23.6 Å². The zero-order valence-electron chi connectivity index (χ0n) is 16.3. The maximum atomic E-state index is 13.0. The second-order valence-electron chi connectivity index (χ2n) is 7.89. The molecular weight excluding hydrogens is 408 g/mol. The average Bonchev–Trinajstić information content (AvgIpc) is 3.22. The molecule has 0 radical (unpaired) electrons. The Morgan fingerprint density at radius 1 is 1.13 bits per heavy atom. The molecule has 5 heterocycles. The van der Waals surface area contributed by atoms with Gasteiger partial charge in [-0.1, -0.05) is 10.6 Å². The molecular formula is C19H22N6O4S. The minimum absolute atomic E-state index is 0.0158. The van der Waals surface area contributed by atoms with Gasteiger partial charge < -0.3 is 19.1 Å². The highest BCUT2D eigenvalue weighted by molar-refractivity contribution is 7.10. The van der Waals surface area contributed by atoms with Gasteiger partial charge in [-0.05, 0) is 18.4 Å². The SMILES string of the molecule is O=C(Nc1snnc1C(=O)N1CCOCC1)N1CC2CC(C1)c1cccc(=O)n1C2. The number of ether oxygens (including phenoxy) is 1. The number of amides is 3. The molecule has 2 fully saturated rings. The van der Waals surface area contributed by atoms with Gasteiger partial charge in [0, 0.05) is 61.9 Å². The number of carbonyl (C=O) groups excluding carboxylic acids is 2.